The number of anilines is 1. The number of rotatable bonds is 6. The van der Waals surface area contributed by atoms with Crippen LogP contribution in [-0.2, 0) is 9.53 Å². The van der Waals surface area contributed by atoms with E-state index in [2.05, 4.69) is 21.2 Å². The van der Waals surface area contributed by atoms with E-state index in [1.54, 1.807) is 13.0 Å². The van der Waals surface area contributed by atoms with E-state index in [0.29, 0.717) is 23.2 Å². The van der Waals surface area contributed by atoms with Crippen LogP contribution in [0.4, 0.5) is 10.1 Å². The van der Waals surface area contributed by atoms with E-state index in [4.69, 9.17) is 4.74 Å². The van der Waals surface area contributed by atoms with Crippen molar-refractivity contribution < 1.29 is 13.9 Å². The first-order valence-electron chi connectivity index (χ1n) is 5.96. The minimum absolute atomic E-state index is 0.310. The molecule has 0 aromatic heterocycles. The van der Waals surface area contributed by atoms with Crippen molar-refractivity contribution in [1.82, 2.24) is 0 Å². The molecule has 18 heavy (non-hydrogen) atoms. The van der Waals surface area contributed by atoms with Gasteiger partial charge in [-0.15, -0.1) is 0 Å². The summed E-state index contributed by atoms with van der Waals surface area (Å²) in [5.41, 5.74) is 0.557. The summed E-state index contributed by atoms with van der Waals surface area (Å²) in [5, 5.41) is 3.01. The van der Waals surface area contributed by atoms with Crippen molar-refractivity contribution in [2.75, 3.05) is 11.9 Å². The lowest BCUT2D eigenvalue weighted by Crippen LogP contribution is -2.31. The maximum Gasteiger partial charge on any atom is 0.328 e. The minimum Gasteiger partial charge on any atom is -0.464 e. The van der Waals surface area contributed by atoms with Gasteiger partial charge in [0.15, 0.2) is 0 Å². The first-order valence-corrected chi connectivity index (χ1v) is 6.76. The van der Waals surface area contributed by atoms with Gasteiger partial charge >= 0.3 is 5.97 Å². The van der Waals surface area contributed by atoms with Gasteiger partial charge in [0.2, 0.25) is 0 Å². The molecule has 1 rings (SSSR count). The normalized spacial score (nSPS) is 12.0. The van der Waals surface area contributed by atoms with E-state index in [9.17, 15) is 9.18 Å². The standard InChI is InChI=1S/C13H17BrFNO2/c1-3-5-11(13(17)18-4-2)16-12-8-9(15)6-7-10(12)14/h6-8,11,16H,3-5H2,1-2H3. The van der Waals surface area contributed by atoms with Crippen LogP contribution in [0.15, 0.2) is 22.7 Å². The zero-order chi connectivity index (χ0) is 13.5. The Morgan fingerprint density at radius 3 is 2.83 bits per heavy atom. The van der Waals surface area contributed by atoms with Crippen LogP contribution in [-0.4, -0.2) is 18.6 Å². The fourth-order valence-corrected chi connectivity index (χ4v) is 1.94. The summed E-state index contributed by atoms with van der Waals surface area (Å²) in [6, 6.07) is 3.86. The van der Waals surface area contributed by atoms with Crippen molar-refractivity contribution in [2.24, 2.45) is 0 Å². The van der Waals surface area contributed by atoms with Gasteiger partial charge in [-0.25, -0.2) is 9.18 Å². The lowest BCUT2D eigenvalue weighted by atomic mass is 10.1. The molecular weight excluding hydrogens is 301 g/mol. The fraction of sp³-hybridized carbons (Fsp3) is 0.462. The molecule has 3 nitrogen and oxygen atoms in total. The number of carbonyl (C=O) groups is 1. The molecule has 5 heteroatoms. The molecule has 0 saturated carbocycles. The van der Waals surface area contributed by atoms with Crippen molar-refractivity contribution in [1.29, 1.82) is 0 Å². The zero-order valence-electron chi connectivity index (χ0n) is 10.5. The number of benzene rings is 1. The van der Waals surface area contributed by atoms with E-state index < -0.39 is 6.04 Å². The third-order valence-electron chi connectivity index (χ3n) is 2.41. The molecule has 0 aliphatic carbocycles. The maximum atomic E-state index is 13.2. The third kappa shape index (κ3) is 4.29. The highest BCUT2D eigenvalue weighted by Crippen LogP contribution is 2.24. The Morgan fingerprint density at radius 1 is 1.50 bits per heavy atom. The monoisotopic (exact) mass is 317 g/mol. The highest BCUT2D eigenvalue weighted by atomic mass is 79.9. The van der Waals surface area contributed by atoms with Crippen LogP contribution in [0.5, 0.6) is 0 Å². The highest BCUT2D eigenvalue weighted by molar-refractivity contribution is 9.10. The number of esters is 1. The predicted molar refractivity (Wildman–Crippen MR) is 73.1 cm³/mol. The highest BCUT2D eigenvalue weighted by Gasteiger charge is 2.19. The summed E-state index contributed by atoms with van der Waals surface area (Å²) in [7, 11) is 0. The fourth-order valence-electron chi connectivity index (χ4n) is 1.58. The van der Waals surface area contributed by atoms with E-state index in [0.717, 1.165) is 6.42 Å². The number of hydrogen-bond donors (Lipinski definition) is 1. The molecule has 1 unspecified atom stereocenters. The van der Waals surface area contributed by atoms with Gasteiger partial charge in [-0.2, -0.15) is 0 Å². The van der Waals surface area contributed by atoms with Gasteiger partial charge in [0, 0.05) is 4.47 Å². The van der Waals surface area contributed by atoms with Gasteiger partial charge in [0.25, 0.3) is 0 Å². The molecule has 1 aromatic rings. The van der Waals surface area contributed by atoms with Gasteiger partial charge in [0.05, 0.1) is 12.3 Å². The van der Waals surface area contributed by atoms with Gasteiger partial charge in [-0.3, -0.25) is 0 Å². The molecule has 0 saturated heterocycles. The molecule has 0 aliphatic heterocycles. The van der Waals surface area contributed by atoms with Gasteiger partial charge in [0.1, 0.15) is 11.9 Å². The molecule has 1 N–H and O–H groups in total. The van der Waals surface area contributed by atoms with Crippen LogP contribution in [0.25, 0.3) is 0 Å². The number of hydrogen-bond acceptors (Lipinski definition) is 3. The van der Waals surface area contributed by atoms with E-state index in [-0.39, 0.29) is 11.8 Å². The third-order valence-corrected chi connectivity index (χ3v) is 3.10. The molecule has 0 bridgehead atoms. The number of carbonyl (C=O) groups excluding carboxylic acids is 1. The summed E-state index contributed by atoms with van der Waals surface area (Å²) in [6.45, 7) is 4.08. The van der Waals surface area contributed by atoms with E-state index in [1.165, 1.54) is 12.1 Å². The Kier molecular flexibility index (Phi) is 6.12. The van der Waals surface area contributed by atoms with Gasteiger partial charge in [-0.1, -0.05) is 13.3 Å². The molecule has 0 spiro atoms. The Balaban J connectivity index is 2.82. The van der Waals surface area contributed by atoms with Crippen LogP contribution < -0.4 is 5.32 Å². The van der Waals surface area contributed by atoms with Crippen molar-refractivity contribution >= 4 is 27.6 Å². The zero-order valence-corrected chi connectivity index (χ0v) is 12.1. The van der Waals surface area contributed by atoms with Crippen molar-refractivity contribution in [3.63, 3.8) is 0 Å². The molecule has 100 valence electrons. The Bertz CT molecular complexity index is 412. The van der Waals surface area contributed by atoms with Crippen molar-refractivity contribution in [2.45, 2.75) is 32.7 Å². The molecule has 0 fully saturated rings. The van der Waals surface area contributed by atoms with Gasteiger partial charge < -0.3 is 10.1 Å². The second kappa shape index (κ2) is 7.36. The molecule has 0 radical (unpaired) electrons. The minimum atomic E-state index is -0.451. The molecule has 1 aromatic carbocycles. The number of nitrogens with one attached hydrogen (secondary N) is 1. The predicted octanol–water partition coefficient (Wildman–Crippen LogP) is 3.73. The topological polar surface area (TPSA) is 38.3 Å². The second-order valence-corrected chi connectivity index (χ2v) is 4.72. The van der Waals surface area contributed by atoms with E-state index >= 15 is 0 Å². The molecule has 0 amide bonds. The summed E-state index contributed by atoms with van der Waals surface area (Å²) in [5.74, 6) is -0.657. The van der Waals surface area contributed by atoms with Crippen molar-refractivity contribution in [3.05, 3.63) is 28.5 Å². The smallest absolute Gasteiger partial charge is 0.328 e. The summed E-state index contributed by atoms with van der Waals surface area (Å²) in [6.07, 6.45) is 1.48. The second-order valence-electron chi connectivity index (χ2n) is 3.86. The van der Waals surface area contributed by atoms with Crippen LogP contribution >= 0.6 is 15.9 Å². The molecule has 1 atom stereocenters. The SMILES string of the molecule is CCCC(Nc1cc(F)ccc1Br)C(=O)OCC. The number of halogens is 2. The summed E-state index contributed by atoms with van der Waals surface area (Å²) in [4.78, 5) is 11.7. The van der Waals surface area contributed by atoms with Crippen LogP contribution in [0, 0.1) is 5.82 Å². The summed E-state index contributed by atoms with van der Waals surface area (Å²) < 4.78 is 18.9. The Hall–Kier alpha value is -1.10. The maximum absolute atomic E-state index is 13.2. The van der Waals surface area contributed by atoms with Crippen LogP contribution in [0.3, 0.4) is 0 Å². The quantitative estimate of drug-likeness (QED) is 0.812. The number of ether oxygens (including phenoxy) is 1. The molecule has 0 heterocycles. The lowest BCUT2D eigenvalue weighted by Gasteiger charge is -2.18. The van der Waals surface area contributed by atoms with Crippen LogP contribution in [0.1, 0.15) is 26.7 Å². The molecule has 0 aliphatic rings. The summed E-state index contributed by atoms with van der Waals surface area (Å²) >= 11 is 3.32. The Morgan fingerprint density at radius 2 is 2.22 bits per heavy atom. The Labute approximate surface area is 115 Å². The average molecular weight is 318 g/mol. The first-order chi connectivity index (χ1) is 8.58. The first kappa shape index (κ1) is 15.0. The van der Waals surface area contributed by atoms with Gasteiger partial charge in [-0.05, 0) is 47.5 Å². The van der Waals surface area contributed by atoms with Crippen molar-refractivity contribution in [3.8, 4) is 0 Å². The molecular formula is C13H17BrFNO2. The largest absolute Gasteiger partial charge is 0.464 e. The van der Waals surface area contributed by atoms with Crippen LogP contribution in [0.2, 0.25) is 0 Å². The average Bonchev–Trinajstić information content (AvgIpc) is 2.33. The van der Waals surface area contributed by atoms with E-state index in [1.807, 2.05) is 6.92 Å². The lowest BCUT2D eigenvalue weighted by molar-refractivity contribution is -0.144.